The first-order valence-electron chi connectivity index (χ1n) is 6.32. The molecule has 0 aliphatic rings. The lowest BCUT2D eigenvalue weighted by Crippen LogP contribution is -2.41. The number of hydrogen-bond donors (Lipinski definition) is 1. The second-order valence-electron chi connectivity index (χ2n) is 5.41. The van der Waals surface area contributed by atoms with E-state index in [2.05, 4.69) is 5.32 Å². The number of furan rings is 1. The van der Waals surface area contributed by atoms with Crippen molar-refractivity contribution in [2.75, 3.05) is 0 Å². The highest BCUT2D eigenvalue weighted by atomic mass is 16.6. The number of carbonyl (C=O) groups is 2. The molecular weight excluding hydrogens is 246 g/mol. The predicted octanol–water partition coefficient (Wildman–Crippen LogP) is 2.69. The van der Waals surface area contributed by atoms with E-state index < -0.39 is 17.7 Å². The zero-order valence-electron chi connectivity index (χ0n) is 11.9. The summed E-state index contributed by atoms with van der Waals surface area (Å²) >= 11 is 0. The Balaban J connectivity index is 2.34. The second-order valence-corrected chi connectivity index (χ2v) is 5.41. The van der Waals surface area contributed by atoms with Crippen molar-refractivity contribution in [2.45, 2.75) is 52.2 Å². The van der Waals surface area contributed by atoms with Crippen molar-refractivity contribution < 1.29 is 18.7 Å². The summed E-state index contributed by atoms with van der Waals surface area (Å²) < 4.78 is 10.2. The molecule has 1 heterocycles. The normalized spacial score (nSPS) is 12.8. The Morgan fingerprint density at radius 2 is 2.11 bits per heavy atom. The van der Waals surface area contributed by atoms with Gasteiger partial charge in [0.1, 0.15) is 11.4 Å². The molecule has 1 N–H and O–H groups in total. The molecule has 19 heavy (non-hydrogen) atoms. The highest BCUT2D eigenvalue weighted by Crippen LogP contribution is 2.08. The van der Waals surface area contributed by atoms with Gasteiger partial charge in [-0.3, -0.25) is 4.79 Å². The third-order valence-electron chi connectivity index (χ3n) is 2.41. The molecule has 0 fully saturated rings. The van der Waals surface area contributed by atoms with Crippen LogP contribution >= 0.6 is 0 Å². The molecule has 106 valence electrons. The van der Waals surface area contributed by atoms with E-state index in [1.165, 1.54) is 0 Å². The average molecular weight is 267 g/mol. The topological polar surface area (TPSA) is 68.5 Å². The lowest BCUT2D eigenvalue weighted by Gasteiger charge is -2.21. The average Bonchev–Trinajstić information content (AvgIpc) is 2.75. The highest BCUT2D eigenvalue weighted by molar-refractivity contribution is 5.87. The zero-order valence-corrected chi connectivity index (χ0v) is 11.9. The molecule has 0 aromatic carbocycles. The Morgan fingerprint density at radius 3 is 2.63 bits per heavy atom. The summed E-state index contributed by atoms with van der Waals surface area (Å²) in [5.74, 6) is 0.708. The maximum Gasteiger partial charge on any atom is 0.408 e. The van der Waals surface area contributed by atoms with Crippen LogP contribution in [0.15, 0.2) is 22.8 Å². The molecule has 0 bridgehead atoms. The summed E-state index contributed by atoms with van der Waals surface area (Å²) in [6, 6.07) is 3.03. The first-order chi connectivity index (χ1) is 8.78. The van der Waals surface area contributed by atoms with Gasteiger partial charge in [0, 0.05) is 12.8 Å². The molecule has 1 aromatic heterocycles. The van der Waals surface area contributed by atoms with Crippen LogP contribution in [0.1, 0.15) is 39.9 Å². The molecular formula is C14H21NO4. The van der Waals surface area contributed by atoms with Crippen LogP contribution in [-0.4, -0.2) is 23.5 Å². The summed E-state index contributed by atoms with van der Waals surface area (Å²) in [5, 5.41) is 2.52. The van der Waals surface area contributed by atoms with Crippen LogP contribution < -0.4 is 5.32 Å². The SMILES string of the molecule is C[C@H](NC(=O)OC(C)(C)C)C(=O)CCc1ccco1. The number of ether oxygens (including phenoxy) is 1. The number of nitrogens with one attached hydrogen (secondary N) is 1. The van der Waals surface area contributed by atoms with Gasteiger partial charge in [-0.2, -0.15) is 0 Å². The summed E-state index contributed by atoms with van der Waals surface area (Å²) in [6.07, 6.45) is 1.85. The largest absolute Gasteiger partial charge is 0.469 e. The molecule has 1 aromatic rings. The number of Topliss-reactive ketones (excluding diaryl/α,β-unsaturated/α-hetero) is 1. The first-order valence-corrected chi connectivity index (χ1v) is 6.32. The number of amides is 1. The Morgan fingerprint density at radius 1 is 1.42 bits per heavy atom. The van der Waals surface area contributed by atoms with Gasteiger partial charge in [-0.25, -0.2) is 4.79 Å². The maximum atomic E-state index is 11.8. The van der Waals surface area contributed by atoms with Crippen LogP contribution in [0.5, 0.6) is 0 Å². The molecule has 0 saturated heterocycles. The van der Waals surface area contributed by atoms with Crippen LogP contribution in [0.2, 0.25) is 0 Å². The van der Waals surface area contributed by atoms with E-state index in [1.807, 2.05) is 6.07 Å². The molecule has 0 spiro atoms. The van der Waals surface area contributed by atoms with Gasteiger partial charge >= 0.3 is 6.09 Å². The zero-order chi connectivity index (χ0) is 14.5. The molecule has 0 saturated carbocycles. The summed E-state index contributed by atoms with van der Waals surface area (Å²) in [5.41, 5.74) is -0.568. The minimum atomic E-state index is -0.577. The van der Waals surface area contributed by atoms with Crippen molar-refractivity contribution in [3.63, 3.8) is 0 Å². The van der Waals surface area contributed by atoms with Gasteiger partial charge in [0.05, 0.1) is 12.3 Å². The number of alkyl carbamates (subject to hydrolysis) is 1. The van der Waals surface area contributed by atoms with Crippen molar-refractivity contribution >= 4 is 11.9 Å². The number of hydrogen-bond acceptors (Lipinski definition) is 4. The number of rotatable bonds is 5. The van der Waals surface area contributed by atoms with Crippen molar-refractivity contribution in [3.8, 4) is 0 Å². The molecule has 0 aliphatic carbocycles. The first kappa shape index (κ1) is 15.3. The van der Waals surface area contributed by atoms with E-state index in [4.69, 9.17) is 9.15 Å². The lowest BCUT2D eigenvalue weighted by atomic mass is 10.1. The molecule has 1 rings (SSSR count). The molecule has 5 nitrogen and oxygen atoms in total. The van der Waals surface area contributed by atoms with Crippen LogP contribution in [-0.2, 0) is 16.0 Å². The minimum Gasteiger partial charge on any atom is -0.469 e. The smallest absolute Gasteiger partial charge is 0.408 e. The third kappa shape index (κ3) is 6.08. The molecule has 0 unspecified atom stereocenters. The molecule has 5 heteroatoms. The number of carbonyl (C=O) groups excluding carboxylic acids is 2. The van der Waals surface area contributed by atoms with Gasteiger partial charge in [0.15, 0.2) is 5.78 Å². The maximum absolute atomic E-state index is 11.8. The predicted molar refractivity (Wildman–Crippen MR) is 70.9 cm³/mol. The monoisotopic (exact) mass is 267 g/mol. The van der Waals surface area contributed by atoms with Crippen LogP contribution in [0.4, 0.5) is 4.79 Å². The Labute approximate surface area is 113 Å². The van der Waals surface area contributed by atoms with Crippen molar-refractivity contribution in [1.82, 2.24) is 5.32 Å². The number of ketones is 1. The minimum absolute atomic E-state index is 0.0535. The van der Waals surface area contributed by atoms with E-state index >= 15 is 0 Å². The van der Waals surface area contributed by atoms with Gasteiger partial charge in [-0.05, 0) is 39.8 Å². The van der Waals surface area contributed by atoms with Crippen LogP contribution in [0, 0.1) is 0 Å². The lowest BCUT2D eigenvalue weighted by molar-refractivity contribution is -0.120. The van der Waals surface area contributed by atoms with Gasteiger partial charge in [0.2, 0.25) is 0 Å². The summed E-state index contributed by atoms with van der Waals surface area (Å²) in [7, 11) is 0. The van der Waals surface area contributed by atoms with Crippen molar-refractivity contribution in [1.29, 1.82) is 0 Å². The molecule has 1 atom stereocenters. The fraction of sp³-hybridized carbons (Fsp3) is 0.571. The van der Waals surface area contributed by atoms with E-state index in [0.717, 1.165) is 5.76 Å². The Hall–Kier alpha value is -1.78. The third-order valence-corrected chi connectivity index (χ3v) is 2.41. The highest BCUT2D eigenvalue weighted by Gasteiger charge is 2.20. The summed E-state index contributed by atoms with van der Waals surface area (Å²) in [4.78, 5) is 23.3. The molecule has 0 aliphatic heterocycles. The molecule has 0 radical (unpaired) electrons. The van der Waals surface area contributed by atoms with Gasteiger partial charge in [-0.15, -0.1) is 0 Å². The van der Waals surface area contributed by atoms with E-state index in [9.17, 15) is 9.59 Å². The van der Waals surface area contributed by atoms with Gasteiger partial charge in [0.25, 0.3) is 0 Å². The number of aryl methyl sites for hydroxylation is 1. The van der Waals surface area contributed by atoms with Crippen molar-refractivity contribution in [3.05, 3.63) is 24.2 Å². The van der Waals surface area contributed by atoms with E-state index in [1.54, 1.807) is 40.0 Å². The Kier molecular flexibility index (Phi) is 5.15. The second kappa shape index (κ2) is 6.41. The molecule has 1 amide bonds. The fourth-order valence-corrected chi connectivity index (χ4v) is 1.48. The van der Waals surface area contributed by atoms with Gasteiger partial charge < -0.3 is 14.5 Å². The standard InChI is InChI=1S/C14H21NO4/c1-10(15-13(17)19-14(2,3)4)12(16)8-7-11-6-5-9-18-11/h5-6,9-10H,7-8H2,1-4H3,(H,15,17)/t10-/m0/s1. The Bertz CT molecular complexity index is 417. The van der Waals surface area contributed by atoms with Crippen LogP contribution in [0.25, 0.3) is 0 Å². The van der Waals surface area contributed by atoms with Crippen molar-refractivity contribution in [2.24, 2.45) is 0 Å². The van der Waals surface area contributed by atoms with E-state index in [-0.39, 0.29) is 5.78 Å². The summed E-state index contributed by atoms with van der Waals surface area (Å²) in [6.45, 7) is 6.97. The van der Waals surface area contributed by atoms with Gasteiger partial charge in [-0.1, -0.05) is 0 Å². The van der Waals surface area contributed by atoms with Crippen LogP contribution in [0.3, 0.4) is 0 Å². The van der Waals surface area contributed by atoms with E-state index in [0.29, 0.717) is 12.8 Å². The fourth-order valence-electron chi connectivity index (χ4n) is 1.48. The quantitative estimate of drug-likeness (QED) is 0.890.